The molecule has 0 aliphatic heterocycles. The lowest BCUT2D eigenvalue weighted by atomic mass is 9.95. The van der Waals surface area contributed by atoms with E-state index in [4.69, 9.17) is 15.2 Å². The molecule has 0 bridgehead atoms. The number of methoxy groups -OCH3 is 2. The zero-order chi connectivity index (χ0) is 14.3. The highest BCUT2D eigenvalue weighted by molar-refractivity contribution is 5.33. The second kappa shape index (κ2) is 7.48. The minimum absolute atomic E-state index is 0.0726. The third-order valence-electron chi connectivity index (χ3n) is 3.81. The van der Waals surface area contributed by atoms with Gasteiger partial charge in [-0.05, 0) is 26.5 Å². The summed E-state index contributed by atoms with van der Waals surface area (Å²) in [6, 6.07) is 8.08. The van der Waals surface area contributed by atoms with Gasteiger partial charge in [-0.25, -0.2) is 0 Å². The number of likely N-dealkylation sites (N-methyl/N-ethyl adjacent to an activating group) is 1. The Morgan fingerprint density at radius 3 is 2.53 bits per heavy atom. The third-order valence-corrected chi connectivity index (χ3v) is 3.81. The molecule has 0 radical (unpaired) electrons. The fourth-order valence-corrected chi connectivity index (χ4v) is 2.05. The van der Waals surface area contributed by atoms with Crippen molar-refractivity contribution >= 4 is 0 Å². The third kappa shape index (κ3) is 4.20. The Hall–Kier alpha value is -1.10. The molecule has 0 amide bonds. The van der Waals surface area contributed by atoms with Crippen molar-refractivity contribution in [1.82, 2.24) is 4.90 Å². The summed E-state index contributed by atoms with van der Waals surface area (Å²) in [7, 11) is 5.51. The summed E-state index contributed by atoms with van der Waals surface area (Å²) in [6.07, 6.45) is 0.908. The first kappa shape index (κ1) is 16.0. The Kier molecular flexibility index (Phi) is 6.28. The van der Waals surface area contributed by atoms with Crippen molar-refractivity contribution in [3.05, 3.63) is 29.8 Å². The van der Waals surface area contributed by atoms with Gasteiger partial charge in [0.25, 0.3) is 0 Å². The van der Waals surface area contributed by atoms with E-state index in [1.54, 1.807) is 14.2 Å². The number of nitrogens with zero attached hydrogens (tertiary/aromatic N) is 1. The highest BCUT2D eigenvalue weighted by Crippen LogP contribution is 2.24. The van der Waals surface area contributed by atoms with Gasteiger partial charge >= 0.3 is 0 Å². The molecule has 0 aromatic heterocycles. The van der Waals surface area contributed by atoms with Crippen LogP contribution in [0.2, 0.25) is 0 Å². The van der Waals surface area contributed by atoms with Crippen LogP contribution in [0, 0.1) is 0 Å². The summed E-state index contributed by atoms with van der Waals surface area (Å²) in [6.45, 7) is 4.29. The number of rotatable bonds is 8. The zero-order valence-corrected chi connectivity index (χ0v) is 12.5. The molecule has 0 saturated carbocycles. The monoisotopic (exact) mass is 266 g/mol. The van der Waals surface area contributed by atoms with Crippen molar-refractivity contribution in [1.29, 1.82) is 0 Å². The van der Waals surface area contributed by atoms with Crippen LogP contribution in [0.4, 0.5) is 0 Å². The van der Waals surface area contributed by atoms with Gasteiger partial charge in [0.2, 0.25) is 0 Å². The van der Waals surface area contributed by atoms with Crippen molar-refractivity contribution in [2.45, 2.75) is 25.4 Å². The first-order valence-electron chi connectivity index (χ1n) is 6.59. The molecular formula is C15H26N2O2. The molecule has 1 unspecified atom stereocenters. The normalized spacial score (nSPS) is 14.4. The van der Waals surface area contributed by atoms with Gasteiger partial charge in [0.1, 0.15) is 5.75 Å². The quantitative estimate of drug-likeness (QED) is 0.780. The van der Waals surface area contributed by atoms with E-state index < -0.39 is 0 Å². The van der Waals surface area contributed by atoms with Crippen molar-refractivity contribution in [3.8, 4) is 5.75 Å². The molecule has 2 N–H and O–H groups in total. The highest BCUT2D eigenvalue weighted by atomic mass is 16.5. The van der Waals surface area contributed by atoms with E-state index in [2.05, 4.69) is 24.9 Å². The van der Waals surface area contributed by atoms with Crippen molar-refractivity contribution in [3.63, 3.8) is 0 Å². The molecule has 0 spiro atoms. The number of ether oxygens (including phenoxy) is 2. The summed E-state index contributed by atoms with van der Waals surface area (Å²) in [5.74, 6) is 0.917. The van der Waals surface area contributed by atoms with Crippen LogP contribution in [0.3, 0.4) is 0 Å². The lowest BCUT2D eigenvalue weighted by Gasteiger charge is -2.38. The maximum Gasteiger partial charge on any atom is 0.123 e. The van der Waals surface area contributed by atoms with Crippen LogP contribution in [0.5, 0.6) is 5.75 Å². The largest absolute Gasteiger partial charge is 0.496 e. The fourth-order valence-electron chi connectivity index (χ4n) is 2.05. The average Bonchev–Trinajstić information content (AvgIpc) is 2.45. The van der Waals surface area contributed by atoms with Gasteiger partial charge in [0, 0.05) is 37.9 Å². The van der Waals surface area contributed by atoms with Gasteiger partial charge < -0.3 is 15.2 Å². The van der Waals surface area contributed by atoms with Gasteiger partial charge in [0.15, 0.2) is 0 Å². The first-order chi connectivity index (χ1) is 9.07. The topological polar surface area (TPSA) is 47.7 Å². The molecule has 19 heavy (non-hydrogen) atoms. The Bertz CT molecular complexity index is 384. The van der Waals surface area contributed by atoms with Crippen LogP contribution in [0.15, 0.2) is 24.3 Å². The molecule has 1 aromatic rings. The maximum atomic E-state index is 5.94. The molecular weight excluding hydrogens is 240 g/mol. The lowest BCUT2D eigenvalue weighted by Crippen LogP contribution is -2.50. The Labute approximate surface area is 116 Å². The van der Waals surface area contributed by atoms with Crippen molar-refractivity contribution < 1.29 is 9.47 Å². The predicted molar refractivity (Wildman–Crippen MR) is 78.4 cm³/mol. The number of nitrogens with two attached hydrogens (primary N) is 1. The van der Waals surface area contributed by atoms with E-state index in [-0.39, 0.29) is 5.54 Å². The fraction of sp³-hybridized carbons (Fsp3) is 0.600. The maximum absolute atomic E-state index is 5.94. The molecule has 1 atom stereocenters. The standard InChI is InChI=1S/C15H26N2O2/c1-15(12-16,9-10-18-3)17(2)11-13-7-5-6-8-14(13)19-4/h5-8H,9-12,16H2,1-4H3. The molecule has 1 aromatic carbocycles. The molecule has 4 nitrogen and oxygen atoms in total. The van der Waals surface area contributed by atoms with Gasteiger partial charge in [-0.3, -0.25) is 4.90 Å². The van der Waals surface area contributed by atoms with Crippen LogP contribution in [-0.2, 0) is 11.3 Å². The van der Waals surface area contributed by atoms with Crippen molar-refractivity contribution in [2.75, 3.05) is 34.4 Å². The number of para-hydroxylation sites is 1. The predicted octanol–water partition coefficient (Wildman–Crippen LogP) is 1.88. The molecule has 0 saturated heterocycles. The molecule has 1 rings (SSSR count). The van der Waals surface area contributed by atoms with E-state index >= 15 is 0 Å². The van der Waals surface area contributed by atoms with Crippen LogP contribution >= 0.6 is 0 Å². The average molecular weight is 266 g/mol. The van der Waals surface area contributed by atoms with Crippen LogP contribution in [0.1, 0.15) is 18.9 Å². The van der Waals surface area contributed by atoms with Gasteiger partial charge in [-0.15, -0.1) is 0 Å². The lowest BCUT2D eigenvalue weighted by molar-refractivity contribution is 0.0833. The summed E-state index contributed by atoms with van der Waals surface area (Å²) in [4.78, 5) is 2.27. The first-order valence-corrected chi connectivity index (χ1v) is 6.59. The molecule has 4 heteroatoms. The number of hydrogen-bond donors (Lipinski definition) is 1. The zero-order valence-electron chi connectivity index (χ0n) is 12.5. The van der Waals surface area contributed by atoms with Gasteiger partial charge in [-0.2, -0.15) is 0 Å². The second-order valence-electron chi connectivity index (χ2n) is 5.11. The minimum atomic E-state index is -0.0726. The summed E-state index contributed by atoms with van der Waals surface area (Å²) >= 11 is 0. The van der Waals surface area contributed by atoms with Gasteiger partial charge in [-0.1, -0.05) is 18.2 Å². The minimum Gasteiger partial charge on any atom is -0.496 e. The Morgan fingerprint density at radius 1 is 1.26 bits per heavy atom. The molecule has 0 aliphatic rings. The molecule has 0 fully saturated rings. The molecule has 0 heterocycles. The summed E-state index contributed by atoms with van der Waals surface area (Å²) in [5.41, 5.74) is 7.04. The SMILES string of the molecule is COCCC(C)(CN)N(C)Cc1ccccc1OC. The number of benzene rings is 1. The van der Waals surface area contributed by atoms with Gasteiger partial charge in [0.05, 0.1) is 7.11 Å². The van der Waals surface area contributed by atoms with E-state index in [9.17, 15) is 0 Å². The smallest absolute Gasteiger partial charge is 0.123 e. The molecule has 108 valence electrons. The Balaban J connectivity index is 2.78. The highest BCUT2D eigenvalue weighted by Gasteiger charge is 2.27. The van der Waals surface area contributed by atoms with E-state index in [0.29, 0.717) is 13.2 Å². The second-order valence-corrected chi connectivity index (χ2v) is 5.11. The van der Waals surface area contributed by atoms with E-state index in [1.807, 2.05) is 18.2 Å². The summed E-state index contributed by atoms with van der Waals surface area (Å²) in [5, 5.41) is 0. The van der Waals surface area contributed by atoms with Crippen LogP contribution in [-0.4, -0.2) is 44.9 Å². The van der Waals surface area contributed by atoms with Crippen LogP contribution < -0.4 is 10.5 Å². The Morgan fingerprint density at radius 2 is 1.95 bits per heavy atom. The van der Waals surface area contributed by atoms with E-state index in [0.717, 1.165) is 18.7 Å². The van der Waals surface area contributed by atoms with E-state index in [1.165, 1.54) is 5.56 Å². The summed E-state index contributed by atoms with van der Waals surface area (Å²) < 4.78 is 10.6. The molecule has 0 aliphatic carbocycles. The van der Waals surface area contributed by atoms with Crippen LogP contribution in [0.25, 0.3) is 0 Å². The van der Waals surface area contributed by atoms with Crippen molar-refractivity contribution in [2.24, 2.45) is 5.73 Å². The number of hydrogen-bond acceptors (Lipinski definition) is 4.